The van der Waals surface area contributed by atoms with Crippen molar-refractivity contribution in [3.8, 4) is 11.4 Å². The molecule has 0 unspecified atom stereocenters. The van der Waals surface area contributed by atoms with Gasteiger partial charge in [-0.15, -0.1) is 10.2 Å². The fourth-order valence-corrected chi connectivity index (χ4v) is 3.47. The fourth-order valence-electron chi connectivity index (χ4n) is 2.65. The molecule has 0 aliphatic heterocycles. The molecule has 1 amide bonds. The van der Waals surface area contributed by atoms with Gasteiger partial charge in [0.1, 0.15) is 11.6 Å². The summed E-state index contributed by atoms with van der Waals surface area (Å²) in [7, 11) is 1.60. The van der Waals surface area contributed by atoms with Crippen LogP contribution < -0.4 is 10.1 Å². The third-order valence-corrected chi connectivity index (χ3v) is 5.09. The summed E-state index contributed by atoms with van der Waals surface area (Å²) in [5.74, 6) is 1.30. The van der Waals surface area contributed by atoms with Crippen LogP contribution >= 0.6 is 11.8 Å². The number of halogens is 1. The van der Waals surface area contributed by atoms with Gasteiger partial charge in [0, 0.05) is 11.3 Å². The average Bonchev–Trinajstić information content (AvgIpc) is 3.12. The molecule has 2 aromatic carbocycles. The SMILES string of the molecule is CCCSc1nnc(CNC(=O)c2cccc(F)c2)n1-c1ccccc1OC. The molecule has 0 bridgehead atoms. The maximum atomic E-state index is 13.4. The zero-order valence-electron chi connectivity index (χ0n) is 15.7. The summed E-state index contributed by atoms with van der Waals surface area (Å²) in [6, 6.07) is 13.1. The maximum absolute atomic E-state index is 13.4. The van der Waals surface area contributed by atoms with Gasteiger partial charge >= 0.3 is 0 Å². The lowest BCUT2D eigenvalue weighted by molar-refractivity contribution is 0.0949. The molecule has 0 aliphatic rings. The van der Waals surface area contributed by atoms with E-state index in [-0.39, 0.29) is 18.0 Å². The molecule has 1 N–H and O–H groups in total. The van der Waals surface area contributed by atoms with Crippen molar-refractivity contribution < 1.29 is 13.9 Å². The van der Waals surface area contributed by atoms with E-state index in [4.69, 9.17) is 4.74 Å². The number of nitrogens with zero attached hydrogens (tertiary/aromatic N) is 3. The molecule has 1 heterocycles. The van der Waals surface area contributed by atoms with Gasteiger partial charge in [-0.2, -0.15) is 0 Å². The number of amides is 1. The first kappa shape index (κ1) is 19.9. The largest absolute Gasteiger partial charge is 0.495 e. The van der Waals surface area contributed by atoms with Gasteiger partial charge in [0.05, 0.1) is 19.3 Å². The van der Waals surface area contributed by atoms with E-state index in [1.165, 1.54) is 18.2 Å². The predicted molar refractivity (Wildman–Crippen MR) is 106 cm³/mol. The fraction of sp³-hybridized carbons (Fsp3) is 0.250. The first-order valence-corrected chi connectivity index (χ1v) is 9.86. The number of thioether (sulfide) groups is 1. The highest BCUT2D eigenvalue weighted by Gasteiger charge is 2.18. The van der Waals surface area contributed by atoms with Crippen molar-refractivity contribution in [2.24, 2.45) is 0 Å². The van der Waals surface area contributed by atoms with E-state index in [0.29, 0.717) is 11.6 Å². The third kappa shape index (κ3) is 4.51. The molecule has 6 nitrogen and oxygen atoms in total. The minimum atomic E-state index is -0.455. The Kier molecular flexibility index (Phi) is 6.65. The highest BCUT2D eigenvalue weighted by molar-refractivity contribution is 7.99. The molecule has 0 saturated carbocycles. The first-order valence-electron chi connectivity index (χ1n) is 8.88. The zero-order valence-corrected chi connectivity index (χ0v) is 16.5. The van der Waals surface area contributed by atoms with E-state index >= 15 is 0 Å². The highest BCUT2D eigenvalue weighted by Crippen LogP contribution is 2.28. The molecular weight excluding hydrogens is 379 g/mol. The Labute approximate surface area is 167 Å². The Morgan fingerprint density at radius 1 is 1.21 bits per heavy atom. The van der Waals surface area contributed by atoms with Gasteiger partial charge in [-0.05, 0) is 36.8 Å². The molecule has 1 aromatic heterocycles. The van der Waals surface area contributed by atoms with E-state index in [1.54, 1.807) is 24.9 Å². The van der Waals surface area contributed by atoms with Gasteiger partial charge in [0.2, 0.25) is 0 Å². The van der Waals surface area contributed by atoms with Crippen molar-refractivity contribution in [2.75, 3.05) is 12.9 Å². The number of carbonyl (C=O) groups is 1. The quantitative estimate of drug-likeness (QED) is 0.582. The summed E-state index contributed by atoms with van der Waals surface area (Å²) in [6.07, 6.45) is 0.995. The molecule has 3 aromatic rings. The van der Waals surface area contributed by atoms with E-state index in [0.717, 1.165) is 23.0 Å². The van der Waals surface area contributed by atoms with Crippen LogP contribution in [0, 0.1) is 5.82 Å². The lowest BCUT2D eigenvalue weighted by Crippen LogP contribution is -2.24. The summed E-state index contributed by atoms with van der Waals surface area (Å²) < 4.78 is 20.7. The molecule has 0 radical (unpaired) electrons. The van der Waals surface area contributed by atoms with Crippen LogP contribution in [0.15, 0.2) is 53.7 Å². The van der Waals surface area contributed by atoms with Crippen molar-refractivity contribution in [3.05, 3.63) is 65.7 Å². The predicted octanol–water partition coefficient (Wildman–Crippen LogP) is 3.85. The lowest BCUT2D eigenvalue weighted by atomic mass is 10.2. The van der Waals surface area contributed by atoms with Crippen molar-refractivity contribution in [1.29, 1.82) is 0 Å². The molecule has 0 saturated heterocycles. The number of para-hydroxylation sites is 2. The number of methoxy groups -OCH3 is 1. The Bertz CT molecular complexity index is 961. The molecule has 0 spiro atoms. The van der Waals surface area contributed by atoms with Crippen molar-refractivity contribution in [1.82, 2.24) is 20.1 Å². The number of rotatable bonds is 8. The van der Waals surface area contributed by atoms with E-state index in [9.17, 15) is 9.18 Å². The van der Waals surface area contributed by atoms with Gasteiger partial charge in [-0.25, -0.2) is 4.39 Å². The van der Waals surface area contributed by atoms with Gasteiger partial charge in [-0.3, -0.25) is 9.36 Å². The Balaban J connectivity index is 1.88. The molecule has 0 atom stereocenters. The number of nitrogens with one attached hydrogen (secondary N) is 1. The van der Waals surface area contributed by atoms with Crippen LogP contribution in [0.5, 0.6) is 5.75 Å². The van der Waals surface area contributed by atoms with Crippen LogP contribution in [-0.2, 0) is 6.54 Å². The number of aromatic nitrogens is 3. The smallest absolute Gasteiger partial charge is 0.251 e. The molecule has 3 rings (SSSR count). The van der Waals surface area contributed by atoms with Crippen molar-refractivity contribution >= 4 is 17.7 Å². The molecule has 0 aliphatic carbocycles. The molecule has 8 heteroatoms. The second-order valence-corrected chi connectivity index (χ2v) is 7.01. The highest BCUT2D eigenvalue weighted by atomic mass is 32.2. The Hall–Kier alpha value is -2.87. The van der Waals surface area contributed by atoms with Crippen LogP contribution in [0.1, 0.15) is 29.5 Å². The number of ether oxygens (including phenoxy) is 1. The van der Waals surface area contributed by atoms with Crippen LogP contribution in [0.25, 0.3) is 5.69 Å². The topological polar surface area (TPSA) is 69.0 Å². The zero-order chi connectivity index (χ0) is 19.9. The summed E-state index contributed by atoms with van der Waals surface area (Å²) in [6.45, 7) is 2.24. The van der Waals surface area contributed by atoms with Crippen LogP contribution in [-0.4, -0.2) is 33.5 Å². The summed E-state index contributed by atoms with van der Waals surface area (Å²) in [4.78, 5) is 12.4. The summed E-state index contributed by atoms with van der Waals surface area (Å²) >= 11 is 1.59. The molecule has 28 heavy (non-hydrogen) atoms. The second-order valence-electron chi connectivity index (χ2n) is 5.95. The number of hydrogen-bond acceptors (Lipinski definition) is 5. The monoisotopic (exact) mass is 400 g/mol. The minimum Gasteiger partial charge on any atom is -0.495 e. The number of benzene rings is 2. The van der Waals surface area contributed by atoms with Crippen molar-refractivity contribution in [2.45, 2.75) is 25.0 Å². The van der Waals surface area contributed by atoms with Crippen LogP contribution in [0.2, 0.25) is 0 Å². The average molecular weight is 400 g/mol. The molecular formula is C20H21FN4O2S. The van der Waals surface area contributed by atoms with Gasteiger partial charge in [0.25, 0.3) is 5.91 Å². The van der Waals surface area contributed by atoms with Gasteiger partial charge < -0.3 is 10.1 Å². The Morgan fingerprint density at radius 3 is 2.79 bits per heavy atom. The number of hydrogen-bond donors (Lipinski definition) is 1. The minimum absolute atomic E-state index is 0.146. The van der Waals surface area contributed by atoms with Crippen LogP contribution in [0.4, 0.5) is 4.39 Å². The summed E-state index contributed by atoms with van der Waals surface area (Å²) in [5.41, 5.74) is 1.05. The van der Waals surface area contributed by atoms with Crippen LogP contribution in [0.3, 0.4) is 0 Å². The maximum Gasteiger partial charge on any atom is 0.251 e. The van der Waals surface area contributed by atoms with E-state index in [1.807, 2.05) is 28.8 Å². The molecule has 146 valence electrons. The standard InChI is InChI=1S/C20H21FN4O2S/c1-3-11-28-20-24-23-18(25(20)16-9-4-5-10-17(16)27-2)13-22-19(26)14-7-6-8-15(21)12-14/h4-10,12H,3,11,13H2,1-2H3,(H,22,26). The summed E-state index contributed by atoms with van der Waals surface area (Å²) in [5, 5.41) is 12.0. The van der Waals surface area contributed by atoms with Crippen molar-refractivity contribution in [3.63, 3.8) is 0 Å². The Morgan fingerprint density at radius 2 is 2.04 bits per heavy atom. The second kappa shape index (κ2) is 9.36. The third-order valence-electron chi connectivity index (χ3n) is 3.96. The lowest BCUT2D eigenvalue weighted by Gasteiger charge is -2.14. The number of carbonyl (C=O) groups excluding carboxylic acids is 1. The van der Waals surface area contributed by atoms with E-state index in [2.05, 4.69) is 22.4 Å². The van der Waals surface area contributed by atoms with E-state index < -0.39 is 5.82 Å². The van der Waals surface area contributed by atoms with Gasteiger partial charge in [0.15, 0.2) is 11.0 Å². The normalized spacial score (nSPS) is 10.7. The molecule has 0 fully saturated rings. The first-order chi connectivity index (χ1) is 13.6. The van der Waals surface area contributed by atoms with Gasteiger partial charge in [-0.1, -0.05) is 36.9 Å².